The third kappa shape index (κ3) is 3.63. The molecule has 3 N–H and O–H groups in total. The normalized spacial score (nSPS) is 10.2. The van der Waals surface area contributed by atoms with Crippen LogP contribution in [0.5, 0.6) is 0 Å². The van der Waals surface area contributed by atoms with Gasteiger partial charge in [0.1, 0.15) is 0 Å². The molecule has 0 aliphatic rings. The van der Waals surface area contributed by atoms with Gasteiger partial charge in [-0.25, -0.2) is 14.6 Å². The maximum Gasteiger partial charge on any atom is 0.340 e. The van der Waals surface area contributed by atoms with E-state index in [0.717, 1.165) is 5.69 Å². The van der Waals surface area contributed by atoms with Gasteiger partial charge in [-0.1, -0.05) is 12.1 Å². The number of nitrogens with two attached hydrogens (primary N) is 1. The van der Waals surface area contributed by atoms with Crippen LogP contribution in [0.15, 0.2) is 36.8 Å². The first kappa shape index (κ1) is 15.6. The van der Waals surface area contributed by atoms with Gasteiger partial charge in [0.2, 0.25) is 0 Å². The zero-order valence-electron chi connectivity index (χ0n) is 12.3. The van der Waals surface area contributed by atoms with E-state index in [1.165, 1.54) is 4.90 Å². The minimum Gasteiger partial charge on any atom is -0.462 e. The number of imidazole rings is 1. The molecule has 0 aliphatic heterocycles. The molecule has 7 nitrogen and oxygen atoms in total. The van der Waals surface area contributed by atoms with Gasteiger partial charge in [0, 0.05) is 24.9 Å². The van der Waals surface area contributed by atoms with E-state index in [0.29, 0.717) is 24.2 Å². The molecule has 0 saturated heterocycles. The summed E-state index contributed by atoms with van der Waals surface area (Å²) in [6.45, 7) is 2.32. The van der Waals surface area contributed by atoms with Crippen molar-refractivity contribution >= 4 is 17.7 Å². The molecule has 1 aromatic carbocycles. The molecule has 0 unspecified atom stereocenters. The summed E-state index contributed by atoms with van der Waals surface area (Å²) in [5, 5.41) is 0. The van der Waals surface area contributed by atoms with Gasteiger partial charge >= 0.3 is 12.0 Å². The second-order valence-corrected chi connectivity index (χ2v) is 4.55. The number of urea groups is 1. The maximum atomic E-state index is 12.0. The van der Waals surface area contributed by atoms with Crippen molar-refractivity contribution in [1.29, 1.82) is 0 Å². The number of anilines is 1. The molecule has 0 radical (unpaired) electrons. The number of ether oxygens (including phenoxy) is 1. The van der Waals surface area contributed by atoms with Crippen molar-refractivity contribution in [2.24, 2.45) is 5.73 Å². The summed E-state index contributed by atoms with van der Waals surface area (Å²) in [5.74, 6) is -0.481. The SMILES string of the molecule is CCOC(=O)c1ccccc1N(CCc1cnc[nH]1)C(N)=O. The maximum absolute atomic E-state index is 12.0. The third-order valence-corrected chi connectivity index (χ3v) is 3.12. The molecule has 7 heteroatoms. The molecular weight excluding hydrogens is 284 g/mol. The number of aromatic amines is 1. The van der Waals surface area contributed by atoms with Crippen LogP contribution in [-0.4, -0.2) is 35.1 Å². The van der Waals surface area contributed by atoms with Crippen molar-refractivity contribution in [2.75, 3.05) is 18.1 Å². The summed E-state index contributed by atoms with van der Waals surface area (Å²) in [6, 6.07) is 6.11. The predicted molar refractivity (Wildman–Crippen MR) is 81.6 cm³/mol. The highest BCUT2D eigenvalue weighted by molar-refractivity contribution is 6.01. The fraction of sp³-hybridized carbons (Fsp3) is 0.267. The Morgan fingerprint density at radius 1 is 1.36 bits per heavy atom. The summed E-state index contributed by atoms with van der Waals surface area (Å²) < 4.78 is 5.01. The Morgan fingerprint density at radius 3 is 2.77 bits per heavy atom. The average Bonchev–Trinajstić information content (AvgIpc) is 3.01. The molecule has 0 saturated carbocycles. The molecule has 0 atom stereocenters. The number of nitrogens with zero attached hydrogens (tertiary/aromatic N) is 2. The molecule has 2 rings (SSSR count). The number of amides is 2. The van der Waals surface area contributed by atoms with Crippen molar-refractivity contribution in [3.05, 3.63) is 48.0 Å². The topological polar surface area (TPSA) is 101 Å². The number of esters is 1. The van der Waals surface area contributed by atoms with E-state index in [-0.39, 0.29) is 6.61 Å². The van der Waals surface area contributed by atoms with E-state index in [9.17, 15) is 9.59 Å². The van der Waals surface area contributed by atoms with E-state index in [1.807, 2.05) is 0 Å². The van der Waals surface area contributed by atoms with Crippen molar-refractivity contribution in [3.63, 3.8) is 0 Å². The molecule has 0 aliphatic carbocycles. The van der Waals surface area contributed by atoms with Gasteiger partial charge < -0.3 is 15.5 Å². The van der Waals surface area contributed by atoms with Crippen LogP contribution in [-0.2, 0) is 11.2 Å². The second-order valence-electron chi connectivity index (χ2n) is 4.55. The second kappa shape index (κ2) is 7.26. The Labute approximate surface area is 128 Å². The first-order chi connectivity index (χ1) is 10.6. The smallest absolute Gasteiger partial charge is 0.340 e. The summed E-state index contributed by atoms with van der Waals surface area (Å²) in [4.78, 5) is 32.0. The Morgan fingerprint density at radius 2 is 2.14 bits per heavy atom. The van der Waals surface area contributed by atoms with Crippen LogP contribution in [0, 0.1) is 0 Å². The van der Waals surface area contributed by atoms with Crippen molar-refractivity contribution in [3.8, 4) is 0 Å². The molecule has 1 aromatic heterocycles. The Hall–Kier alpha value is -2.83. The number of H-pyrrole nitrogens is 1. The summed E-state index contributed by atoms with van der Waals surface area (Å²) in [5.41, 5.74) is 7.09. The van der Waals surface area contributed by atoms with Gasteiger partial charge in [-0.2, -0.15) is 0 Å². The van der Waals surface area contributed by atoms with Gasteiger partial charge in [0.15, 0.2) is 0 Å². The minimum absolute atomic E-state index is 0.262. The van der Waals surface area contributed by atoms with Crippen molar-refractivity contribution in [1.82, 2.24) is 9.97 Å². The summed E-state index contributed by atoms with van der Waals surface area (Å²) in [6.07, 6.45) is 3.78. The quantitative estimate of drug-likeness (QED) is 0.793. The molecule has 2 amide bonds. The van der Waals surface area contributed by atoms with E-state index in [2.05, 4.69) is 9.97 Å². The number of benzene rings is 1. The third-order valence-electron chi connectivity index (χ3n) is 3.12. The van der Waals surface area contributed by atoms with Gasteiger partial charge in [-0.3, -0.25) is 4.90 Å². The fourth-order valence-corrected chi connectivity index (χ4v) is 2.09. The number of hydrogen-bond acceptors (Lipinski definition) is 4. The van der Waals surface area contributed by atoms with E-state index in [1.54, 1.807) is 43.7 Å². The lowest BCUT2D eigenvalue weighted by molar-refractivity contribution is 0.0527. The van der Waals surface area contributed by atoms with Gasteiger partial charge in [-0.15, -0.1) is 0 Å². The number of carbonyl (C=O) groups is 2. The fourth-order valence-electron chi connectivity index (χ4n) is 2.09. The van der Waals surface area contributed by atoms with Gasteiger partial charge in [0.25, 0.3) is 0 Å². The van der Waals surface area contributed by atoms with Crippen LogP contribution >= 0.6 is 0 Å². The number of primary amides is 1. The first-order valence-corrected chi connectivity index (χ1v) is 6.93. The number of carbonyl (C=O) groups excluding carboxylic acids is 2. The molecule has 1 heterocycles. The number of para-hydroxylation sites is 1. The first-order valence-electron chi connectivity index (χ1n) is 6.93. The number of nitrogens with one attached hydrogen (secondary N) is 1. The zero-order valence-corrected chi connectivity index (χ0v) is 12.3. The van der Waals surface area contributed by atoms with Crippen molar-refractivity contribution < 1.29 is 14.3 Å². The average molecular weight is 302 g/mol. The summed E-state index contributed by atoms with van der Waals surface area (Å²) >= 11 is 0. The Balaban J connectivity index is 2.24. The standard InChI is InChI=1S/C15H18N4O3/c1-2-22-14(20)12-5-3-4-6-13(12)19(15(16)21)8-7-11-9-17-10-18-11/h3-6,9-10H,2,7-8H2,1H3,(H2,16,21)(H,17,18). The Bertz CT molecular complexity index is 640. The lowest BCUT2D eigenvalue weighted by Gasteiger charge is -2.22. The highest BCUT2D eigenvalue weighted by atomic mass is 16.5. The van der Waals surface area contributed by atoms with Crippen molar-refractivity contribution in [2.45, 2.75) is 13.3 Å². The van der Waals surface area contributed by atoms with Crippen LogP contribution in [0.3, 0.4) is 0 Å². The van der Waals surface area contributed by atoms with E-state index >= 15 is 0 Å². The van der Waals surface area contributed by atoms with Crippen LogP contribution in [0.2, 0.25) is 0 Å². The predicted octanol–water partition coefficient (Wildman–Crippen LogP) is 1.71. The monoisotopic (exact) mass is 302 g/mol. The van der Waals surface area contributed by atoms with Gasteiger partial charge in [0.05, 0.1) is 24.2 Å². The van der Waals surface area contributed by atoms with Crippen LogP contribution in [0.4, 0.5) is 10.5 Å². The van der Waals surface area contributed by atoms with E-state index < -0.39 is 12.0 Å². The molecule has 2 aromatic rings. The number of rotatable bonds is 6. The Kier molecular flexibility index (Phi) is 5.13. The zero-order chi connectivity index (χ0) is 15.9. The van der Waals surface area contributed by atoms with Gasteiger partial charge in [-0.05, 0) is 19.1 Å². The molecule has 0 spiro atoms. The van der Waals surface area contributed by atoms with Crippen LogP contribution in [0.1, 0.15) is 23.0 Å². The molecule has 116 valence electrons. The largest absolute Gasteiger partial charge is 0.462 e. The number of hydrogen-bond donors (Lipinski definition) is 2. The van der Waals surface area contributed by atoms with Crippen LogP contribution in [0.25, 0.3) is 0 Å². The van der Waals surface area contributed by atoms with Crippen LogP contribution < -0.4 is 10.6 Å². The lowest BCUT2D eigenvalue weighted by atomic mass is 10.1. The summed E-state index contributed by atoms with van der Waals surface area (Å²) in [7, 11) is 0. The molecular formula is C15H18N4O3. The molecule has 0 bridgehead atoms. The lowest BCUT2D eigenvalue weighted by Crippen LogP contribution is -2.38. The minimum atomic E-state index is -0.628. The highest BCUT2D eigenvalue weighted by Gasteiger charge is 2.20. The molecule has 0 fully saturated rings. The highest BCUT2D eigenvalue weighted by Crippen LogP contribution is 2.21. The molecule has 22 heavy (non-hydrogen) atoms. The van der Waals surface area contributed by atoms with E-state index in [4.69, 9.17) is 10.5 Å². The number of aromatic nitrogens is 2.